The second-order valence-corrected chi connectivity index (χ2v) is 37.0. The van der Waals surface area contributed by atoms with Crippen LogP contribution in [0.2, 0.25) is 0 Å². The van der Waals surface area contributed by atoms with Crippen LogP contribution in [-0.4, -0.2) is 48.2 Å². The van der Waals surface area contributed by atoms with Gasteiger partial charge in [-0.15, -0.1) is 0 Å². The third kappa shape index (κ3) is 15.1. The quantitative estimate of drug-likeness (QED) is 0.0604. The Hall–Kier alpha value is -16.1. The van der Waals surface area contributed by atoms with E-state index in [0.717, 1.165) is 116 Å². The van der Waals surface area contributed by atoms with Gasteiger partial charge in [-0.3, -0.25) is 0 Å². The lowest BCUT2D eigenvalue weighted by Gasteiger charge is -2.34. The smallest absolute Gasteiger partial charge is 0.399 e. The molecule has 1 fully saturated rings. The van der Waals surface area contributed by atoms with Gasteiger partial charge in [0.25, 0.3) is 0 Å². The van der Waals surface area contributed by atoms with Crippen molar-refractivity contribution in [1.29, 1.82) is 0 Å². The molecule has 0 amide bonds. The summed E-state index contributed by atoms with van der Waals surface area (Å²) in [4.78, 5) is 30.3. The highest BCUT2D eigenvalue weighted by Crippen LogP contribution is 2.60. The van der Waals surface area contributed by atoms with Crippen molar-refractivity contribution in [3.63, 3.8) is 0 Å². The van der Waals surface area contributed by atoms with E-state index in [-0.39, 0.29) is 0 Å². The molecule has 22 aromatic rings. The number of pyridine rings is 2. The van der Waals surface area contributed by atoms with Gasteiger partial charge >= 0.3 is 7.12 Å². The fourth-order valence-corrected chi connectivity index (χ4v) is 20.8. The van der Waals surface area contributed by atoms with Crippen LogP contribution in [0.3, 0.4) is 0 Å². The van der Waals surface area contributed by atoms with Crippen molar-refractivity contribution in [3.05, 3.63) is 522 Å². The van der Waals surface area contributed by atoms with Crippen LogP contribution in [0.1, 0.15) is 72.2 Å². The van der Waals surface area contributed by atoms with Crippen LogP contribution in [-0.2, 0) is 20.1 Å². The van der Waals surface area contributed by atoms with E-state index >= 15 is 0 Å². The van der Waals surface area contributed by atoms with Crippen molar-refractivity contribution in [3.8, 4) is 124 Å². The molecule has 0 N–H and O–H groups in total. The average Bonchev–Trinajstić information content (AvgIpc) is 1.53. The van der Waals surface area contributed by atoms with Gasteiger partial charge in [0.15, 0.2) is 11.6 Å². The van der Waals surface area contributed by atoms with Gasteiger partial charge in [0.1, 0.15) is 4.60 Å². The Morgan fingerprint density at radius 2 is 0.500 bits per heavy atom. The van der Waals surface area contributed by atoms with Gasteiger partial charge in [-0.05, 0) is 197 Å². The first-order chi connectivity index (χ1) is 66.8. The van der Waals surface area contributed by atoms with E-state index < -0.39 is 29.2 Å². The molecular formula is C126H90BBrN6O2. The molecule has 0 atom stereocenters. The molecule has 4 aromatic heterocycles. The van der Waals surface area contributed by atoms with Crippen LogP contribution < -0.4 is 5.46 Å². The summed E-state index contributed by atoms with van der Waals surface area (Å²) in [5.41, 5.74) is 32.9. The summed E-state index contributed by atoms with van der Waals surface area (Å²) in [6, 6.07) is 168. The lowest BCUT2D eigenvalue weighted by Crippen LogP contribution is -2.41. The molecule has 1 aliphatic heterocycles. The monoisotopic (exact) mass is 1810 g/mol. The Balaban J connectivity index is 0.000000125. The number of fused-ring (bicyclic) bond motifs is 12. The minimum Gasteiger partial charge on any atom is -0.399 e. The fourth-order valence-electron chi connectivity index (χ4n) is 20.5. The molecule has 0 bridgehead atoms. The maximum Gasteiger partial charge on any atom is 0.494 e. The first-order valence-electron chi connectivity index (χ1n) is 46.4. The normalized spacial score (nSPS) is 13.8. The summed E-state index contributed by atoms with van der Waals surface area (Å²) in [6.07, 6.45) is 0. The van der Waals surface area contributed by atoms with Crippen LogP contribution in [0.25, 0.3) is 167 Å². The molecule has 10 heteroatoms. The van der Waals surface area contributed by atoms with Crippen molar-refractivity contribution in [2.75, 3.05) is 0 Å². The van der Waals surface area contributed by atoms with Gasteiger partial charge in [-0.2, -0.15) is 0 Å². The maximum atomic E-state index is 6.37. The summed E-state index contributed by atoms with van der Waals surface area (Å²) < 4.78 is 13.5. The molecule has 18 aromatic carbocycles. The second kappa shape index (κ2) is 35.1. The number of hydrogen-bond donors (Lipinski definition) is 0. The van der Waals surface area contributed by atoms with Gasteiger partial charge in [-0.25, -0.2) is 29.9 Å². The third-order valence-corrected chi connectivity index (χ3v) is 28.2. The summed E-state index contributed by atoms with van der Waals surface area (Å²) in [5, 5.41) is 6.96. The molecular weight excluding hydrogens is 1720 g/mol. The first kappa shape index (κ1) is 84.2. The topological polar surface area (TPSA) is 95.8 Å². The van der Waals surface area contributed by atoms with Crippen molar-refractivity contribution >= 4 is 71.9 Å². The zero-order chi connectivity index (χ0) is 91.5. The van der Waals surface area contributed by atoms with Gasteiger partial charge in [-0.1, -0.05) is 425 Å². The van der Waals surface area contributed by atoms with E-state index in [2.05, 4.69) is 455 Å². The molecule has 0 spiro atoms. The average molecular weight is 1810 g/mol. The van der Waals surface area contributed by atoms with E-state index in [9.17, 15) is 0 Å². The summed E-state index contributed by atoms with van der Waals surface area (Å²) in [6.45, 7) is 8.37. The molecule has 136 heavy (non-hydrogen) atoms. The van der Waals surface area contributed by atoms with Crippen LogP contribution in [0, 0.1) is 0 Å². The summed E-state index contributed by atoms with van der Waals surface area (Å²) in [5.74, 6) is 1.41. The van der Waals surface area contributed by atoms with Crippen molar-refractivity contribution < 1.29 is 9.31 Å². The highest BCUT2D eigenvalue weighted by molar-refractivity contribution is 9.10. The van der Waals surface area contributed by atoms with Gasteiger partial charge in [0.2, 0.25) is 0 Å². The molecule has 0 radical (unpaired) electrons. The van der Waals surface area contributed by atoms with E-state index in [1.807, 2.05) is 66.7 Å². The number of hydrogen-bond acceptors (Lipinski definition) is 8. The van der Waals surface area contributed by atoms with E-state index in [4.69, 9.17) is 34.2 Å². The van der Waals surface area contributed by atoms with Crippen molar-refractivity contribution in [1.82, 2.24) is 29.9 Å². The molecule has 5 heterocycles. The number of rotatable bonds is 14. The Labute approximate surface area is 800 Å². The maximum absolute atomic E-state index is 6.37. The van der Waals surface area contributed by atoms with E-state index in [1.165, 1.54) is 99.8 Å². The zero-order valence-electron chi connectivity index (χ0n) is 75.5. The number of aromatic nitrogens is 6. The van der Waals surface area contributed by atoms with Gasteiger partial charge in [0.05, 0.1) is 61.5 Å². The molecule has 8 nitrogen and oxygen atoms in total. The highest BCUT2D eigenvalue weighted by atomic mass is 79.9. The predicted octanol–water partition coefficient (Wildman–Crippen LogP) is 30.8. The fraction of sp³-hybridized carbons (Fsp3) is 0.0635. The molecule has 646 valence electrons. The second-order valence-electron chi connectivity index (χ2n) is 36.2. The molecule has 3 aliphatic rings. The lowest BCUT2D eigenvalue weighted by molar-refractivity contribution is 0.00578. The number of nitrogens with zero attached hydrogens (tertiary/aromatic N) is 6. The van der Waals surface area contributed by atoms with Crippen LogP contribution in [0.4, 0.5) is 0 Å². The largest absolute Gasteiger partial charge is 0.494 e. The SMILES string of the molecule is Brc1cc(-c2ccc(-c3ccccc3)cc2)nc(-c2ccccc2)n1.CC1(C)OB(c2ccc(-c3nc4ccccc4c4cc5c(cc34)C(c3ccccc3)(c3ccccc3)c3ccccc3-5)cc2)OC1(C)C.c1ccc(-c2ccc(-c3cc(-c4ccc(-c5nc6ccccc6c6cc7c(cc56)C(c5ccccc5)(c5ccccc5)c5ccccc5-7)cc4)nc(-c4ccccc4)n3)cc2)cc1. The Morgan fingerprint density at radius 1 is 0.213 bits per heavy atom. The molecule has 0 unspecified atom stereocenters. The summed E-state index contributed by atoms with van der Waals surface area (Å²) in [7, 11) is -0.413. The number of halogens is 1. The Bertz CT molecular complexity index is 8140. The molecule has 0 saturated carbocycles. The third-order valence-electron chi connectivity index (χ3n) is 27.8. The molecule has 25 rings (SSSR count). The Morgan fingerprint density at radius 3 is 0.875 bits per heavy atom. The standard InChI is InChI=1S/C60H39N3.C44H36BNO2.C22H15BrN2/c1-5-17-40(18-6-1)41-29-31-42(32-30-41)56-39-57(63-59(62-56)45-19-7-2-8-20-45)43-33-35-44(36-34-43)58-52-38-54-51(37-50(52)49-26-14-16-28-55(49)61-58)48-25-13-15-27-53(48)60(54,46-21-9-3-10-22-46)47-23-11-4-12-24-47;1-42(2)43(3,4)48-45(47-42)32-25-23-29(24-26-32)41-37-28-39-36(27-35(37)34-20-12-14-22-40(34)46-41)33-19-11-13-21-38(33)44(39,30-15-7-5-8-16-30)31-17-9-6-10-18-31;23-21-15-20(24-22(25-21)19-9-5-2-6-10-19)18-13-11-17(12-14-18)16-7-3-1-4-8-16/h1-39H;5-28H,1-4H3;1-15H. The number of para-hydroxylation sites is 2. The number of benzene rings is 18. The van der Waals surface area contributed by atoms with Crippen LogP contribution >= 0.6 is 15.9 Å². The van der Waals surface area contributed by atoms with Crippen molar-refractivity contribution in [2.24, 2.45) is 0 Å². The first-order valence-corrected chi connectivity index (χ1v) is 47.2. The minimum atomic E-state index is -0.515. The van der Waals surface area contributed by atoms with Crippen LogP contribution in [0.15, 0.2) is 478 Å². The predicted molar refractivity (Wildman–Crippen MR) is 563 cm³/mol. The highest BCUT2D eigenvalue weighted by Gasteiger charge is 2.52. The molecule has 1 saturated heterocycles. The van der Waals surface area contributed by atoms with E-state index in [0.29, 0.717) is 5.82 Å². The van der Waals surface area contributed by atoms with Gasteiger partial charge in [0, 0.05) is 60.5 Å². The van der Waals surface area contributed by atoms with Gasteiger partial charge < -0.3 is 9.31 Å². The summed E-state index contributed by atoms with van der Waals surface area (Å²) >= 11 is 3.51. The van der Waals surface area contributed by atoms with Crippen molar-refractivity contribution in [2.45, 2.75) is 49.7 Å². The van der Waals surface area contributed by atoms with E-state index in [1.54, 1.807) is 0 Å². The van der Waals surface area contributed by atoms with Crippen LogP contribution in [0.5, 0.6) is 0 Å². The zero-order valence-corrected chi connectivity index (χ0v) is 77.1. The lowest BCUT2D eigenvalue weighted by atomic mass is 9.67. The molecule has 2 aliphatic carbocycles. The Kier molecular flexibility index (Phi) is 21.8. The minimum absolute atomic E-state index is 0.394.